The lowest BCUT2D eigenvalue weighted by Crippen LogP contribution is -2.60. The number of hydrogen-bond acceptors (Lipinski definition) is 6. The number of amides is 2. The second kappa shape index (κ2) is 9.54. The van der Waals surface area contributed by atoms with E-state index < -0.39 is 11.0 Å². The predicted octanol–water partition coefficient (Wildman–Crippen LogP) is 5.72. The molecule has 8 rings (SSSR count). The van der Waals surface area contributed by atoms with Crippen LogP contribution in [0.2, 0.25) is 0 Å². The Balaban J connectivity index is 1.05. The molecule has 208 valence electrons. The van der Waals surface area contributed by atoms with Gasteiger partial charge in [-0.2, -0.15) is 0 Å². The van der Waals surface area contributed by atoms with Crippen LogP contribution in [0.25, 0.3) is 22.4 Å². The number of aromatic nitrogens is 3. The molecule has 2 unspecified atom stereocenters. The monoisotopic (exact) mass is 549 g/mol. The fraction of sp³-hybridized carbons (Fsp3) is 0.344. The number of nitrogens with one attached hydrogen (secondary N) is 3. The molecule has 0 aliphatic heterocycles. The maximum atomic E-state index is 13.7. The minimum atomic E-state index is -0.487. The highest BCUT2D eigenvalue weighted by Crippen LogP contribution is 2.63. The van der Waals surface area contributed by atoms with Crippen LogP contribution in [-0.2, 0) is 14.3 Å². The molecule has 9 nitrogen and oxygen atoms in total. The van der Waals surface area contributed by atoms with E-state index in [4.69, 9.17) is 9.72 Å². The number of imidazole rings is 1. The maximum Gasteiger partial charge on any atom is 0.303 e. The van der Waals surface area contributed by atoms with E-state index in [0.717, 1.165) is 54.4 Å². The van der Waals surface area contributed by atoms with E-state index in [-0.39, 0.29) is 17.8 Å². The Hall–Kier alpha value is -4.53. The van der Waals surface area contributed by atoms with Crippen molar-refractivity contribution in [2.24, 2.45) is 17.3 Å². The Morgan fingerprint density at radius 3 is 2.39 bits per heavy atom. The third-order valence-corrected chi connectivity index (χ3v) is 8.90. The summed E-state index contributed by atoms with van der Waals surface area (Å²) >= 11 is 0. The van der Waals surface area contributed by atoms with Crippen LogP contribution in [0.1, 0.15) is 55.9 Å². The molecule has 4 aliphatic carbocycles. The summed E-state index contributed by atoms with van der Waals surface area (Å²) in [5, 5.41) is 6.03. The van der Waals surface area contributed by atoms with Crippen molar-refractivity contribution in [3.63, 3.8) is 0 Å². The van der Waals surface area contributed by atoms with Crippen LogP contribution in [0.15, 0.2) is 66.9 Å². The van der Waals surface area contributed by atoms with Crippen LogP contribution in [-0.4, -0.2) is 38.3 Å². The summed E-state index contributed by atoms with van der Waals surface area (Å²) < 4.78 is 5.86. The van der Waals surface area contributed by atoms with Crippen molar-refractivity contribution in [1.29, 1.82) is 0 Å². The lowest BCUT2D eigenvalue weighted by Gasteiger charge is -2.60. The molecule has 2 atom stereocenters. The molecule has 2 aromatic heterocycles. The van der Waals surface area contributed by atoms with E-state index >= 15 is 0 Å². The number of carbonyl (C=O) groups is 3. The Kier molecular flexibility index (Phi) is 5.92. The fourth-order valence-electron chi connectivity index (χ4n) is 7.76. The fourth-order valence-corrected chi connectivity index (χ4v) is 7.76. The molecule has 2 heterocycles. The molecule has 9 heteroatoms. The minimum absolute atomic E-state index is 0.0277. The number of nitrogens with zero attached hydrogens (tertiary/aromatic N) is 2. The van der Waals surface area contributed by atoms with Crippen LogP contribution in [0.4, 0.5) is 11.4 Å². The number of anilines is 2. The van der Waals surface area contributed by atoms with E-state index in [1.807, 2.05) is 42.5 Å². The van der Waals surface area contributed by atoms with E-state index in [1.165, 1.54) is 6.92 Å². The first-order chi connectivity index (χ1) is 19.8. The molecule has 4 bridgehead atoms. The first kappa shape index (κ1) is 25.4. The molecule has 0 radical (unpaired) electrons. The molecule has 4 aromatic rings. The van der Waals surface area contributed by atoms with Crippen molar-refractivity contribution in [2.75, 3.05) is 10.6 Å². The number of rotatable bonds is 6. The Morgan fingerprint density at radius 1 is 0.927 bits per heavy atom. The predicted molar refractivity (Wildman–Crippen MR) is 154 cm³/mol. The number of ether oxygens (including phenoxy) is 1. The van der Waals surface area contributed by atoms with E-state index in [2.05, 4.69) is 20.6 Å². The van der Waals surface area contributed by atoms with E-state index in [0.29, 0.717) is 35.5 Å². The zero-order chi connectivity index (χ0) is 28.2. The third kappa shape index (κ3) is 4.75. The second-order valence-corrected chi connectivity index (χ2v) is 12.0. The number of carbonyl (C=O) groups excluding carboxylic acids is 3. The van der Waals surface area contributed by atoms with Gasteiger partial charge in [0.25, 0.3) is 5.91 Å². The van der Waals surface area contributed by atoms with Gasteiger partial charge in [0.2, 0.25) is 5.91 Å². The van der Waals surface area contributed by atoms with Crippen molar-refractivity contribution in [3.05, 3.63) is 72.6 Å². The van der Waals surface area contributed by atoms with Crippen molar-refractivity contribution in [2.45, 2.75) is 51.0 Å². The van der Waals surface area contributed by atoms with Gasteiger partial charge in [0.15, 0.2) is 0 Å². The highest BCUT2D eigenvalue weighted by molar-refractivity contribution is 6.03. The molecule has 41 heavy (non-hydrogen) atoms. The number of hydrogen-bond donors (Lipinski definition) is 3. The van der Waals surface area contributed by atoms with Crippen LogP contribution < -0.4 is 10.6 Å². The topological polar surface area (TPSA) is 126 Å². The Morgan fingerprint density at radius 2 is 1.68 bits per heavy atom. The quantitative estimate of drug-likeness (QED) is 0.264. The second-order valence-electron chi connectivity index (χ2n) is 12.0. The molecular weight excluding hydrogens is 518 g/mol. The summed E-state index contributed by atoms with van der Waals surface area (Å²) in [6.07, 6.45) is 6.80. The van der Waals surface area contributed by atoms with Gasteiger partial charge in [-0.05, 0) is 98.5 Å². The van der Waals surface area contributed by atoms with Gasteiger partial charge in [-0.1, -0.05) is 6.07 Å². The van der Waals surface area contributed by atoms with E-state index in [9.17, 15) is 14.4 Å². The molecule has 2 aromatic carbocycles. The zero-order valence-corrected chi connectivity index (χ0v) is 22.8. The van der Waals surface area contributed by atoms with Crippen LogP contribution in [0.5, 0.6) is 0 Å². The highest BCUT2D eigenvalue weighted by Gasteiger charge is 2.62. The van der Waals surface area contributed by atoms with Gasteiger partial charge in [-0.15, -0.1) is 0 Å². The lowest BCUT2D eigenvalue weighted by atomic mass is 9.47. The van der Waals surface area contributed by atoms with Crippen molar-refractivity contribution >= 4 is 40.2 Å². The van der Waals surface area contributed by atoms with Crippen LogP contribution in [0.3, 0.4) is 0 Å². The summed E-state index contributed by atoms with van der Waals surface area (Å²) in [7, 11) is 0. The largest absolute Gasteiger partial charge is 0.459 e. The normalized spacial score (nSPS) is 26.1. The number of fused-ring (bicyclic) bond motifs is 1. The number of aromatic amines is 1. The molecule has 0 spiro atoms. The van der Waals surface area contributed by atoms with Crippen molar-refractivity contribution in [3.8, 4) is 11.4 Å². The standard InChI is InChI=1S/C32H31N5O4/c1-19(38)41-32-16-20-12-21(17-32)15-31(14-20,18-32)30(40)35-23-7-5-22(6-8-23)28-36-25-10-9-24(13-27(25)37-28)34-29(39)26-4-2-3-11-33-26/h2-11,13,20-21H,12,14-18H2,1H3,(H,34,39)(H,35,40)(H,36,37). The number of esters is 1. The molecular formula is C32H31N5O4. The summed E-state index contributed by atoms with van der Waals surface area (Å²) in [5.74, 6) is 1.04. The van der Waals surface area contributed by atoms with Crippen LogP contribution >= 0.6 is 0 Å². The summed E-state index contributed by atoms with van der Waals surface area (Å²) in [5.41, 5.74) is 3.18. The molecule has 4 saturated carbocycles. The molecule has 4 aliphatic rings. The van der Waals surface area contributed by atoms with Crippen molar-refractivity contribution < 1.29 is 19.1 Å². The smallest absolute Gasteiger partial charge is 0.303 e. The van der Waals surface area contributed by atoms with E-state index in [1.54, 1.807) is 24.4 Å². The first-order valence-corrected chi connectivity index (χ1v) is 14.1. The van der Waals surface area contributed by atoms with Gasteiger partial charge in [-0.25, -0.2) is 4.98 Å². The Bertz CT molecular complexity index is 1650. The van der Waals surface area contributed by atoms with Gasteiger partial charge in [0.05, 0.1) is 16.4 Å². The Labute approximate surface area is 237 Å². The average molecular weight is 550 g/mol. The average Bonchev–Trinajstić information content (AvgIpc) is 3.36. The molecule has 4 fully saturated rings. The summed E-state index contributed by atoms with van der Waals surface area (Å²) in [6, 6.07) is 18.3. The van der Waals surface area contributed by atoms with Gasteiger partial charge < -0.3 is 20.4 Å². The number of H-pyrrole nitrogens is 1. The van der Waals surface area contributed by atoms with Gasteiger partial charge in [0.1, 0.15) is 17.1 Å². The molecule has 2 amide bonds. The minimum Gasteiger partial charge on any atom is -0.459 e. The highest BCUT2D eigenvalue weighted by atomic mass is 16.6. The number of benzene rings is 2. The van der Waals surface area contributed by atoms with Gasteiger partial charge in [-0.3, -0.25) is 19.4 Å². The third-order valence-electron chi connectivity index (χ3n) is 8.90. The molecule has 0 saturated heterocycles. The SMILES string of the molecule is CC(=O)OC12CC3CC(C1)CC(C(=O)Nc1ccc(-c4nc5ccc(NC(=O)c6ccccn6)cc5[nH]4)cc1)(C3)C2. The van der Waals surface area contributed by atoms with Gasteiger partial charge in [0, 0.05) is 36.5 Å². The van der Waals surface area contributed by atoms with Gasteiger partial charge >= 0.3 is 5.97 Å². The summed E-state index contributed by atoms with van der Waals surface area (Å²) in [6.45, 7) is 1.47. The lowest BCUT2D eigenvalue weighted by molar-refractivity contribution is -0.200. The molecule has 3 N–H and O–H groups in total. The first-order valence-electron chi connectivity index (χ1n) is 14.1. The number of pyridine rings is 1. The summed E-state index contributed by atoms with van der Waals surface area (Å²) in [4.78, 5) is 50.1. The zero-order valence-electron chi connectivity index (χ0n) is 22.8. The maximum absolute atomic E-state index is 13.7. The van der Waals surface area contributed by atoms with Crippen molar-refractivity contribution in [1.82, 2.24) is 15.0 Å². The van der Waals surface area contributed by atoms with Crippen LogP contribution in [0, 0.1) is 17.3 Å².